The maximum atomic E-state index is 2.54. The van der Waals surface area contributed by atoms with Gasteiger partial charge in [-0.1, -0.05) is 117 Å². The molecule has 0 saturated heterocycles. The van der Waals surface area contributed by atoms with E-state index < -0.39 is 0 Å². The summed E-state index contributed by atoms with van der Waals surface area (Å²) < 4.78 is 4.98. The van der Waals surface area contributed by atoms with E-state index in [1.54, 1.807) is 0 Å². The Balaban J connectivity index is 1.40. The number of nitrogens with zero attached hydrogens (tertiary/aromatic N) is 2. The Morgan fingerprint density at radius 1 is 0.444 bits per heavy atom. The van der Waals surface area contributed by atoms with Crippen molar-refractivity contribution < 1.29 is 0 Å². The van der Waals surface area contributed by atoms with Crippen molar-refractivity contribution in [1.82, 2.24) is 9.13 Å². The van der Waals surface area contributed by atoms with E-state index in [1.807, 2.05) is 0 Å². The molecule has 7 aromatic carbocycles. The highest BCUT2D eigenvalue weighted by molar-refractivity contribution is 6.25. The number of para-hydroxylation sites is 2. The third-order valence-corrected chi connectivity index (χ3v) is 10.3. The molecule has 2 aromatic heterocycles. The minimum Gasteiger partial charge on any atom is -0.309 e. The van der Waals surface area contributed by atoms with E-state index in [0.717, 1.165) is 0 Å². The van der Waals surface area contributed by atoms with Crippen LogP contribution < -0.4 is 0 Å². The van der Waals surface area contributed by atoms with E-state index in [9.17, 15) is 0 Å². The molecule has 10 rings (SSSR count). The predicted octanol–water partition coefficient (Wildman–Crippen LogP) is 11.3. The van der Waals surface area contributed by atoms with Crippen molar-refractivity contribution >= 4 is 54.4 Å². The third-order valence-electron chi connectivity index (χ3n) is 10.3. The Hall–Kier alpha value is -5.60. The fourth-order valence-corrected chi connectivity index (χ4v) is 8.37. The zero-order chi connectivity index (χ0) is 29.9. The summed E-state index contributed by atoms with van der Waals surface area (Å²) in [4.78, 5) is 0. The lowest BCUT2D eigenvalue weighted by atomic mass is 9.81. The van der Waals surface area contributed by atoms with Crippen molar-refractivity contribution in [3.63, 3.8) is 0 Å². The molecular weight excluding hydrogens is 544 g/mol. The summed E-state index contributed by atoms with van der Waals surface area (Å²) in [6.07, 6.45) is 0. The highest BCUT2D eigenvalue weighted by atomic mass is 15.0. The van der Waals surface area contributed by atoms with Gasteiger partial charge in [-0.25, -0.2) is 0 Å². The van der Waals surface area contributed by atoms with Crippen molar-refractivity contribution in [2.45, 2.75) is 19.3 Å². The summed E-state index contributed by atoms with van der Waals surface area (Å²) in [6, 6.07) is 53.8. The van der Waals surface area contributed by atoms with Crippen LogP contribution in [0.25, 0.3) is 76.9 Å². The molecular formula is C43H30N2. The second-order valence-electron chi connectivity index (χ2n) is 13.0. The van der Waals surface area contributed by atoms with Gasteiger partial charge in [-0.15, -0.1) is 0 Å². The fraction of sp³-hybridized carbons (Fsp3) is 0.0698. The molecule has 0 fully saturated rings. The lowest BCUT2D eigenvalue weighted by Crippen LogP contribution is -2.18. The standard InChI is InChI=1S/C43H30N2/c1-43(2)35-20-10-8-17-30(35)32-19-12-22-38(42(32)43)45-36-21-11-9-18-31(36)33-25-40-34(26-39(33)45)41-29-16-7-6-13-27(29)23-24-37(41)44(40)28-14-4-3-5-15-28/h3-26H,1-2H3. The Morgan fingerprint density at radius 3 is 2.02 bits per heavy atom. The number of rotatable bonds is 2. The van der Waals surface area contributed by atoms with E-state index in [1.165, 1.54) is 88.0 Å². The van der Waals surface area contributed by atoms with E-state index >= 15 is 0 Å². The van der Waals surface area contributed by atoms with Crippen LogP contribution in [-0.2, 0) is 5.41 Å². The minimum absolute atomic E-state index is 0.121. The van der Waals surface area contributed by atoms with Crippen molar-refractivity contribution in [3.05, 3.63) is 157 Å². The van der Waals surface area contributed by atoms with Crippen LogP contribution in [0.3, 0.4) is 0 Å². The molecule has 1 aliphatic rings. The second-order valence-corrected chi connectivity index (χ2v) is 13.0. The van der Waals surface area contributed by atoms with Crippen LogP contribution in [0.2, 0.25) is 0 Å². The maximum absolute atomic E-state index is 2.54. The average molecular weight is 575 g/mol. The quantitative estimate of drug-likeness (QED) is 0.194. The lowest BCUT2D eigenvalue weighted by Gasteiger charge is -2.25. The first-order chi connectivity index (χ1) is 22.1. The number of hydrogen-bond donors (Lipinski definition) is 0. The number of aromatic nitrogens is 2. The minimum atomic E-state index is -0.121. The van der Waals surface area contributed by atoms with Gasteiger partial charge >= 0.3 is 0 Å². The van der Waals surface area contributed by atoms with Crippen LogP contribution >= 0.6 is 0 Å². The molecule has 0 saturated carbocycles. The Kier molecular flexibility index (Phi) is 4.82. The third kappa shape index (κ3) is 3.18. The first-order valence-electron chi connectivity index (χ1n) is 15.8. The van der Waals surface area contributed by atoms with Gasteiger partial charge in [-0.2, -0.15) is 0 Å². The summed E-state index contributed by atoms with van der Waals surface area (Å²) in [7, 11) is 0. The smallest absolute Gasteiger partial charge is 0.0549 e. The van der Waals surface area contributed by atoms with Crippen LogP contribution in [0, 0.1) is 0 Å². The van der Waals surface area contributed by atoms with Crippen molar-refractivity contribution in [3.8, 4) is 22.5 Å². The van der Waals surface area contributed by atoms with Gasteiger partial charge < -0.3 is 9.13 Å². The largest absolute Gasteiger partial charge is 0.309 e. The molecule has 0 atom stereocenters. The molecule has 2 heteroatoms. The molecule has 0 spiro atoms. The van der Waals surface area contributed by atoms with Crippen LogP contribution in [0.5, 0.6) is 0 Å². The van der Waals surface area contributed by atoms with E-state index in [2.05, 4.69) is 169 Å². The van der Waals surface area contributed by atoms with Gasteiger partial charge in [-0.3, -0.25) is 0 Å². The highest BCUT2D eigenvalue weighted by Crippen LogP contribution is 2.52. The zero-order valence-electron chi connectivity index (χ0n) is 25.3. The van der Waals surface area contributed by atoms with Crippen LogP contribution in [0.4, 0.5) is 0 Å². The SMILES string of the molecule is CC1(C)c2ccccc2-c2cccc(-n3c4ccccc4c4cc5c(cc43)c3c4ccccc4ccc3n5-c3ccccc3)c21. The maximum Gasteiger partial charge on any atom is 0.0549 e. The lowest BCUT2D eigenvalue weighted by molar-refractivity contribution is 0.656. The van der Waals surface area contributed by atoms with Gasteiger partial charge in [0.25, 0.3) is 0 Å². The normalized spacial score (nSPS) is 13.7. The van der Waals surface area contributed by atoms with Gasteiger partial charge in [0.2, 0.25) is 0 Å². The van der Waals surface area contributed by atoms with E-state index in [-0.39, 0.29) is 5.41 Å². The number of fused-ring (bicyclic) bond motifs is 11. The fourth-order valence-electron chi connectivity index (χ4n) is 8.37. The number of hydrogen-bond acceptors (Lipinski definition) is 0. The van der Waals surface area contributed by atoms with Crippen molar-refractivity contribution in [1.29, 1.82) is 0 Å². The molecule has 0 N–H and O–H groups in total. The monoisotopic (exact) mass is 574 g/mol. The van der Waals surface area contributed by atoms with Gasteiger partial charge in [0, 0.05) is 32.6 Å². The van der Waals surface area contributed by atoms with E-state index in [4.69, 9.17) is 0 Å². The van der Waals surface area contributed by atoms with Crippen LogP contribution in [0.1, 0.15) is 25.0 Å². The molecule has 0 amide bonds. The first kappa shape index (κ1) is 24.8. The molecule has 9 aromatic rings. The molecule has 2 nitrogen and oxygen atoms in total. The zero-order valence-corrected chi connectivity index (χ0v) is 25.3. The van der Waals surface area contributed by atoms with Crippen LogP contribution in [-0.4, -0.2) is 9.13 Å². The molecule has 1 aliphatic carbocycles. The van der Waals surface area contributed by atoms with Crippen molar-refractivity contribution in [2.75, 3.05) is 0 Å². The second kappa shape index (κ2) is 8.74. The van der Waals surface area contributed by atoms with Crippen molar-refractivity contribution in [2.24, 2.45) is 0 Å². The van der Waals surface area contributed by atoms with Gasteiger partial charge in [0.05, 0.1) is 27.8 Å². The summed E-state index contributed by atoms with van der Waals surface area (Å²) >= 11 is 0. The number of benzene rings is 7. The molecule has 45 heavy (non-hydrogen) atoms. The molecule has 0 aliphatic heterocycles. The molecule has 2 heterocycles. The molecule has 0 unspecified atom stereocenters. The summed E-state index contributed by atoms with van der Waals surface area (Å²) in [5.41, 5.74) is 12.7. The Bertz CT molecular complexity index is 2670. The summed E-state index contributed by atoms with van der Waals surface area (Å²) in [5.74, 6) is 0. The Morgan fingerprint density at radius 2 is 1.13 bits per heavy atom. The summed E-state index contributed by atoms with van der Waals surface area (Å²) in [5, 5.41) is 7.67. The topological polar surface area (TPSA) is 9.86 Å². The van der Waals surface area contributed by atoms with Gasteiger partial charge in [0.15, 0.2) is 0 Å². The molecule has 0 bridgehead atoms. The van der Waals surface area contributed by atoms with E-state index in [0.29, 0.717) is 0 Å². The first-order valence-corrected chi connectivity index (χ1v) is 15.8. The summed E-state index contributed by atoms with van der Waals surface area (Å²) in [6.45, 7) is 4.76. The van der Waals surface area contributed by atoms with Crippen LogP contribution in [0.15, 0.2) is 146 Å². The Labute approximate surface area is 261 Å². The van der Waals surface area contributed by atoms with Gasteiger partial charge in [-0.05, 0) is 75.5 Å². The molecule has 0 radical (unpaired) electrons. The average Bonchev–Trinajstić information content (AvgIpc) is 3.67. The molecule has 212 valence electrons. The predicted molar refractivity (Wildman–Crippen MR) is 190 cm³/mol. The van der Waals surface area contributed by atoms with Gasteiger partial charge in [0.1, 0.15) is 0 Å². The highest BCUT2D eigenvalue weighted by Gasteiger charge is 2.38.